The van der Waals surface area contributed by atoms with E-state index in [0.29, 0.717) is 33.5 Å². The summed E-state index contributed by atoms with van der Waals surface area (Å²) in [4.78, 5) is 24.9. The van der Waals surface area contributed by atoms with Crippen LogP contribution in [0.2, 0.25) is 8.67 Å². The molecule has 33 heavy (non-hydrogen) atoms. The van der Waals surface area contributed by atoms with E-state index in [0.717, 1.165) is 35.1 Å². The highest BCUT2D eigenvalue weighted by Crippen LogP contribution is 2.38. The number of carbonyl (C=O) groups excluding carboxylic acids is 2. The summed E-state index contributed by atoms with van der Waals surface area (Å²) in [5, 5.41) is 3.10. The second-order valence-electron chi connectivity index (χ2n) is 8.29. The Kier molecular flexibility index (Phi) is 7.74. The van der Waals surface area contributed by atoms with Crippen LogP contribution in [0.4, 0.5) is 0 Å². The van der Waals surface area contributed by atoms with E-state index in [4.69, 9.17) is 27.9 Å². The molecule has 0 spiro atoms. The molecule has 0 aliphatic heterocycles. The zero-order valence-corrected chi connectivity index (χ0v) is 20.6. The Hall–Kier alpha value is -2.34. The first-order chi connectivity index (χ1) is 16.0. The lowest BCUT2D eigenvalue weighted by Gasteiger charge is -2.27. The van der Waals surface area contributed by atoms with E-state index in [2.05, 4.69) is 41.7 Å². The van der Waals surface area contributed by atoms with Gasteiger partial charge in [-0.3, -0.25) is 9.59 Å². The number of amides is 1. The zero-order valence-electron chi connectivity index (χ0n) is 18.3. The maximum absolute atomic E-state index is 13.1. The smallest absolute Gasteiger partial charge is 0.308 e. The topological polar surface area (TPSA) is 55.4 Å². The summed E-state index contributed by atoms with van der Waals surface area (Å²) in [7, 11) is 1.41. The second kappa shape index (κ2) is 10.7. The molecule has 1 saturated carbocycles. The van der Waals surface area contributed by atoms with Crippen molar-refractivity contribution in [3.8, 4) is 11.1 Å². The van der Waals surface area contributed by atoms with Gasteiger partial charge in [0, 0.05) is 18.0 Å². The van der Waals surface area contributed by atoms with Crippen molar-refractivity contribution in [2.45, 2.75) is 38.1 Å². The van der Waals surface area contributed by atoms with Crippen LogP contribution < -0.4 is 5.32 Å². The van der Waals surface area contributed by atoms with Gasteiger partial charge in [-0.2, -0.15) is 0 Å². The fraction of sp³-hybridized carbons (Fsp3) is 0.308. The summed E-state index contributed by atoms with van der Waals surface area (Å²) in [6.07, 6.45) is 3.40. The first kappa shape index (κ1) is 23.8. The van der Waals surface area contributed by atoms with Crippen molar-refractivity contribution in [1.29, 1.82) is 0 Å². The average Bonchev–Trinajstić information content (AvgIpc) is 3.12. The molecule has 2 aromatic carbocycles. The summed E-state index contributed by atoms with van der Waals surface area (Å²) in [5.41, 5.74) is 4.55. The third-order valence-electron chi connectivity index (χ3n) is 6.18. The number of benzene rings is 2. The lowest BCUT2D eigenvalue weighted by molar-refractivity contribution is -0.146. The monoisotopic (exact) mass is 501 g/mol. The van der Waals surface area contributed by atoms with Crippen LogP contribution >= 0.6 is 34.5 Å². The van der Waals surface area contributed by atoms with Gasteiger partial charge in [0.25, 0.3) is 5.91 Å². The van der Waals surface area contributed by atoms with Gasteiger partial charge >= 0.3 is 5.97 Å². The van der Waals surface area contributed by atoms with E-state index in [1.165, 1.54) is 18.4 Å². The number of esters is 1. The predicted octanol–water partition coefficient (Wildman–Crippen LogP) is 6.77. The van der Waals surface area contributed by atoms with Gasteiger partial charge in [0.2, 0.25) is 0 Å². The quantitative estimate of drug-likeness (QED) is 0.379. The Bertz CT molecular complexity index is 1120. The van der Waals surface area contributed by atoms with Gasteiger partial charge < -0.3 is 10.1 Å². The van der Waals surface area contributed by atoms with Crippen molar-refractivity contribution in [2.75, 3.05) is 7.11 Å². The average molecular weight is 502 g/mol. The normalized spacial score (nSPS) is 18.0. The number of halogens is 2. The van der Waals surface area contributed by atoms with Crippen molar-refractivity contribution in [3.63, 3.8) is 0 Å². The van der Waals surface area contributed by atoms with E-state index < -0.39 is 0 Å². The zero-order chi connectivity index (χ0) is 23.4. The van der Waals surface area contributed by atoms with Crippen LogP contribution in [0.15, 0.2) is 54.6 Å². The molecule has 1 fully saturated rings. The van der Waals surface area contributed by atoms with Crippen LogP contribution in [-0.4, -0.2) is 25.0 Å². The largest absolute Gasteiger partial charge is 0.469 e. The minimum atomic E-state index is -0.208. The number of methoxy groups -OCH3 is 1. The molecule has 1 aromatic heterocycles. The third-order valence-corrected chi connectivity index (χ3v) is 7.87. The molecule has 172 valence electrons. The number of thiophene rings is 1. The van der Waals surface area contributed by atoms with Crippen molar-refractivity contribution in [3.05, 3.63) is 80.0 Å². The van der Waals surface area contributed by atoms with Crippen molar-refractivity contribution < 1.29 is 14.3 Å². The van der Waals surface area contributed by atoms with Gasteiger partial charge in [0.05, 0.1) is 22.9 Å². The SMILES string of the molecule is COC(=O)C1CCC(NC(=O)c2c(Cl)sc(Cl)c2Cc2ccc(-c3ccccc3)cc2)CC1. The van der Waals surface area contributed by atoms with Gasteiger partial charge in [0.1, 0.15) is 4.34 Å². The van der Waals surface area contributed by atoms with Crippen molar-refractivity contribution >= 4 is 46.4 Å². The fourth-order valence-electron chi connectivity index (χ4n) is 4.34. The molecule has 0 radical (unpaired) electrons. The molecule has 4 rings (SSSR count). The second-order valence-corrected chi connectivity index (χ2v) is 10.5. The Balaban J connectivity index is 1.45. The van der Waals surface area contributed by atoms with Crippen LogP contribution in [-0.2, 0) is 16.0 Å². The highest BCUT2D eigenvalue weighted by molar-refractivity contribution is 7.20. The third kappa shape index (κ3) is 5.60. The van der Waals surface area contributed by atoms with Crippen molar-refractivity contribution in [2.24, 2.45) is 5.92 Å². The molecule has 1 amide bonds. The lowest BCUT2D eigenvalue weighted by Crippen LogP contribution is -2.39. The summed E-state index contributed by atoms with van der Waals surface area (Å²) < 4.78 is 5.78. The molecule has 0 unspecified atom stereocenters. The number of hydrogen-bond donors (Lipinski definition) is 1. The van der Waals surface area contributed by atoms with E-state index in [1.807, 2.05) is 18.2 Å². The first-order valence-corrected chi connectivity index (χ1v) is 12.5. The lowest BCUT2D eigenvalue weighted by atomic mass is 9.86. The van der Waals surface area contributed by atoms with Crippen LogP contribution in [0.1, 0.15) is 47.2 Å². The molecule has 7 heteroatoms. The van der Waals surface area contributed by atoms with Crippen LogP contribution in [0.5, 0.6) is 0 Å². The Morgan fingerprint density at radius 2 is 1.58 bits per heavy atom. The summed E-state index contributed by atoms with van der Waals surface area (Å²) in [6, 6.07) is 18.4. The fourth-order valence-corrected chi connectivity index (χ4v) is 6.06. The number of rotatable bonds is 6. The Labute approximate surface area is 207 Å². The summed E-state index contributed by atoms with van der Waals surface area (Å²) in [6.45, 7) is 0. The van der Waals surface area contributed by atoms with Crippen LogP contribution in [0, 0.1) is 5.92 Å². The first-order valence-electron chi connectivity index (χ1n) is 11.0. The number of carbonyl (C=O) groups is 2. The molecule has 1 aliphatic carbocycles. The maximum atomic E-state index is 13.1. The van der Waals surface area contributed by atoms with E-state index in [1.54, 1.807) is 0 Å². The molecule has 1 heterocycles. The highest BCUT2D eigenvalue weighted by Gasteiger charge is 2.29. The van der Waals surface area contributed by atoms with E-state index >= 15 is 0 Å². The van der Waals surface area contributed by atoms with Gasteiger partial charge in [-0.15, -0.1) is 11.3 Å². The van der Waals surface area contributed by atoms with Gasteiger partial charge in [-0.25, -0.2) is 0 Å². The molecular weight excluding hydrogens is 477 g/mol. The van der Waals surface area contributed by atoms with E-state index in [-0.39, 0.29) is 23.8 Å². The van der Waals surface area contributed by atoms with Gasteiger partial charge in [0.15, 0.2) is 0 Å². The highest BCUT2D eigenvalue weighted by atomic mass is 35.5. The van der Waals surface area contributed by atoms with Crippen LogP contribution in [0.25, 0.3) is 11.1 Å². The standard InChI is InChI=1S/C26H25Cl2NO3S/c1-32-26(31)19-11-13-20(14-12-19)29-25(30)22-21(23(27)33-24(22)28)15-16-7-9-18(10-8-16)17-5-3-2-4-6-17/h2-10,19-20H,11-15H2,1H3,(H,29,30). The molecule has 0 bridgehead atoms. The van der Waals surface area contributed by atoms with Gasteiger partial charge in [-0.1, -0.05) is 77.8 Å². The Morgan fingerprint density at radius 1 is 0.939 bits per heavy atom. The van der Waals surface area contributed by atoms with Gasteiger partial charge in [-0.05, 0) is 42.4 Å². The minimum absolute atomic E-state index is 0.00570. The molecule has 1 N–H and O–H groups in total. The molecule has 3 aromatic rings. The Morgan fingerprint density at radius 3 is 2.21 bits per heavy atom. The molecule has 0 atom stereocenters. The minimum Gasteiger partial charge on any atom is -0.469 e. The molecule has 0 saturated heterocycles. The number of nitrogens with one attached hydrogen (secondary N) is 1. The maximum Gasteiger partial charge on any atom is 0.308 e. The summed E-state index contributed by atoms with van der Waals surface area (Å²) >= 11 is 14.1. The number of ether oxygens (including phenoxy) is 1. The molecule has 1 aliphatic rings. The van der Waals surface area contributed by atoms with Crippen molar-refractivity contribution in [1.82, 2.24) is 5.32 Å². The molecular formula is C26H25Cl2NO3S. The summed E-state index contributed by atoms with van der Waals surface area (Å²) in [5.74, 6) is -0.467. The van der Waals surface area contributed by atoms with E-state index in [9.17, 15) is 9.59 Å². The van der Waals surface area contributed by atoms with Crippen LogP contribution in [0.3, 0.4) is 0 Å². The number of hydrogen-bond acceptors (Lipinski definition) is 4. The molecule has 4 nitrogen and oxygen atoms in total. The predicted molar refractivity (Wildman–Crippen MR) is 134 cm³/mol.